The van der Waals surface area contributed by atoms with Crippen LogP contribution in [0.4, 0.5) is 0 Å². The van der Waals surface area contributed by atoms with Crippen molar-refractivity contribution in [1.29, 1.82) is 0 Å². The molecule has 0 bridgehead atoms. The van der Waals surface area contributed by atoms with Crippen LogP contribution < -0.4 is 4.74 Å². The Morgan fingerprint density at radius 2 is 1.72 bits per heavy atom. The maximum absolute atomic E-state index is 5.52. The molecule has 5 nitrogen and oxygen atoms in total. The van der Waals surface area contributed by atoms with Crippen LogP contribution in [0.2, 0.25) is 0 Å². The van der Waals surface area contributed by atoms with E-state index >= 15 is 0 Å². The van der Waals surface area contributed by atoms with E-state index in [2.05, 4.69) is 9.97 Å². The average Bonchev–Trinajstić information content (AvgIpc) is 2.42. The molecule has 94 valence electrons. The van der Waals surface area contributed by atoms with Crippen molar-refractivity contribution in [3.05, 3.63) is 48.3 Å². The van der Waals surface area contributed by atoms with Crippen LogP contribution >= 0.6 is 0 Å². The first-order valence-corrected chi connectivity index (χ1v) is 5.44. The Morgan fingerprint density at radius 1 is 1.00 bits per heavy atom. The van der Waals surface area contributed by atoms with Gasteiger partial charge in [0.15, 0.2) is 6.29 Å². The third-order valence-electron chi connectivity index (χ3n) is 2.31. The molecule has 0 spiro atoms. The van der Waals surface area contributed by atoms with E-state index < -0.39 is 6.29 Å². The van der Waals surface area contributed by atoms with Crippen LogP contribution in [0.25, 0.3) is 0 Å². The van der Waals surface area contributed by atoms with Crippen molar-refractivity contribution in [2.75, 3.05) is 14.2 Å². The maximum atomic E-state index is 5.52. The van der Waals surface area contributed by atoms with Crippen molar-refractivity contribution in [3.8, 4) is 11.8 Å². The number of aromatic nitrogens is 2. The van der Waals surface area contributed by atoms with Crippen LogP contribution in [0.15, 0.2) is 42.7 Å². The molecule has 0 saturated heterocycles. The molecule has 1 heterocycles. The quantitative estimate of drug-likeness (QED) is 0.759. The SMILES string of the molecule is COC(OC)c1cccc(Oc2ncccn2)c1. The molecule has 0 unspecified atom stereocenters. The van der Waals surface area contributed by atoms with Gasteiger partial charge in [0.2, 0.25) is 0 Å². The summed E-state index contributed by atoms with van der Waals surface area (Å²) < 4.78 is 15.9. The van der Waals surface area contributed by atoms with Gasteiger partial charge < -0.3 is 14.2 Å². The second kappa shape index (κ2) is 6.09. The monoisotopic (exact) mass is 246 g/mol. The minimum Gasteiger partial charge on any atom is -0.424 e. The highest BCUT2D eigenvalue weighted by atomic mass is 16.7. The van der Waals surface area contributed by atoms with Gasteiger partial charge in [0.1, 0.15) is 5.75 Å². The summed E-state index contributed by atoms with van der Waals surface area (Å²) in [5.74, 6) is 0.637. The van der Waals surface area contributed by atoms with Crippen LogP contribution in [0, 0.1) is 0 Å². The van der Waals surface area contributed by atoms with Crippen LogP contribution in [-0.4, -0.2) is 24.2 Å². The molecule has 5 heteroatoms. The summed E-state index contributed by atoms with van der Waals surface area (Å²) in [6.07, 6.45) is 2.84. The van der Waals surface area contributed by atoms with Gasteiger partial charge in [-0.05, 0) is 18.2 Å². The largest absolute Gasteiger partial charge is 0.424 e. The fraction of sp³-hybridized carbons (Fsp3) is 0.231. The minimum absolute atomic E-state index is 0.307. The number of methoxy groups -OCH3 is 2. The maximum Gasteiger partial charge on any atom is 0.321 e. The van der Waals surface area contributed by atoms with E-state index in [0.717, 1.165) is 5.56 Å². The Bertz CT molecular complexity index is 487. The van der Waals surface area contributed by atoms with Crippen molar-refractivity contribution in [1.82, 2.24) is 9.97 Å². The first-order valence-electron chi connectivity index (χ1n) is 5.44. The number of nitrogens with zero attached hydrogens (tertiary/aromatic N) is 2. The van der Waals surface area contributed by atoms with E-state index in [1.165, 1.54) is 0 Å². The van der Waals surface area contributed by atoms with Crippen molar-refractivity contribution in [3.63, 3.8) is 0 Å². The molecule has 0 aliphatic carbocycles. The predicted octanol–water partition coefficient (Wildman–Crippen LogP) is 2.56. The second-order valence-electron chi connectivity index (χ2n) is 3.51. The first-order chi connectivity index (χ1) is 8.83. The molecular formula is C13H14N2O3. The smallest absolute Gasteiger partial charge is 0.321 e. The molecule has 18 heavy (non-hydrogen) atoms. The Labute approximate surface area is 105 Å². The van der Waals surface area contributed by atoms with Crippen molar-refractivity contribution in [2.24, 2.45) is 0 Å². The van der Waals surface area contributed by atoms with Crippen LogP contribution in [0.3, 0.4) is 0 Å². The summed E-state index contributed by atoms with van der Waals surface area (Å²) in [7, 11) is 3.17. The number of ether oxygens (including phenoxy) is 3. The minimum atomic E-state index is -0.412. The fourth-order valence-corrected chi connectivity index (χ4v) is 1.54. The van der Waals surface area contributed by atoms with Gasteiger partial charge in [0.25, 0.3) is 0 Å². The zero-order valence-electron chi connectivity index (χ0n) is 10.2. The summed E-state index contributed by atoms with van der Waals surface area (Å²) in [6, 6.07) is 9.45. The summed E-state index contributed by atoms with van der Waals surface area (Å²) in [6.45, 7) is 0. The highest BCUT2D eigenvalue weighted by Crippen LogP contribution is 2.24. The van der Waals surface area contributed by atoms with E-state index in [-0.39, 0.29) is 0 Å². The van der Waals surface area contributed by atoms with Gasteiger partial charge in [-0.15, -0.1) is 0 Å². The summed E-state index contributed by atoms with van der Waals surface area (Å²) in [5.41, 5.74) is 0.869. The van der Waals surface area contributed by atoms with Crippen molar-refractivity contribution >= 4 is 0 Å². The Morgan fingerprint density at radius 3 is 2.39 bits per heavy atom. The third-order valence-corrected chi connectivity index (χ3v) is 2.31. The molecular weight excluding hydrogens is 232 g/mol. The van der Waals surface area contributed by atoms with Gasteiger partial charge in [0.05, 0.1) is 0 Å². The van der Waals surface area contributed by atoms with Crippen molar-refractivity contribution < 1.29 is 14.2 Å². The second-order valence-corrected chi connectivity index (χ2v) is 3.51. The van der Waals surface area contributed by atoms with Crippen LogP contribution in [-0.2, 0) is 9.47 Å². The number of benzene rings is 1. The highest BCUT2D eigenvalue weighted by Gasteiger charge is 2.10. The third kappa shape index (κ3) is 3.03. The van der Waals surface area contributed by atoms with Gasteiger partial charge in [-0.3, -0.25) is 0 Å². The predicted molar refractivity (Wildman–Crippen MR) is 65.3 cm³/mol. The van der Waals surface area contributed by atoms with Gasteiger partial charge >= 0.3 is 6.01 Å². The zero-order valence-corrected chi connectivity index (χ0v) is 10.2. The van der Waals surface area contributed by atoms with Crippen LogP contribution in [0.1, 0.15) is 11.9 Å². The highest BCUT2D eigenvalue weighted by molar-refractivity contribution is 5.31. The standard InChI is InChI=1S/C13H14N2O3/c1-16-12(17-2)10-5-3-6-11(9-10)18-13-14-7-4-8-15-13/h3-9,12H,1-2H3. The van der Waals surface area contributed by atoms with E-state index in [0.29, 0.717) is 11.8 Å². The zero-order chi connectivity index (χ0) is 12.8. The molecule has 0 radical (unpaired) electrons. The lowest BCUT2D eigenvalue weighted by Crippen LogP contribution is -2.03. The average molecular weight is 246 g/mol. The van der Waals surface area contributed by atoms with Crippen molar-refractivity contribution in [2.45, 2.75) is 6.29 Å². The Balaban J connectivity index is 2.17. The topological polar surface area (TPSA) is 53.5 Å². The number of rotatable bonds is 5. The van der Waals surface area contributed by atoms with E-state index in [1.54, 1.807) is 32.7 Å². The van der Waals surface area contributed by atoms with E-state index in [1.807, 2.05) is 24.3 Å². The summed E-state index contributed by atoms with van der Waals surface area (Å²) >= 11 is 0. The number of hydrogen-bond acceptors (Lipinski definition) is 5. The van der Waals surface area contributed by atoms with E-state index in [4.69, 9.17) is 14.2 Å². The molecule has 1 aromatic carbocycles. The molecule has 0 amide bonds. The lowest BCUT2D eigenvalue weighted by atomic mass is 10.2. The van der Waals surface area contributed by atoms with Gasteiger partial charge in [-0.25, -0.2) is 9.97 Å². The lowest BCUT2D eigenvalue weighted by Gasteiger charge is -2.14. The molecule has 0 atom stereocenters. The van der Waals surface area contributed by atoms with Gasteiger partial charge in [-0.2, -0.15) is 0 Å². The van der Waals surface area contributed by atoms with Crippen LogP contribution in [0.5, 0.6) is 11.8 Å². The Hall–Kier alpha value is -1.98. The summed E-state index contributed by atoms with van der Waals surface area (Å²) in [5, 5.41) is 0. The number of hydrogen-bond donors (Lipinski definition) is 0. The summed E-state index contributed by atoms with van der Waals surface area (Å²) in [4.78, 5) is 7.99. The molecule has 1 aromatic heterocycles. The van der Waals surface area contributed by atoms with Gasteiger partial charge in [0, 0.05) is 32.2 Å². The molecule has 0 saturated carbocycles. The molecule has 0 aliphatic heterocycles. The molecule has 2 rings (SSSR count). The van der Waals surface area contributed by atoms with Gasteiger partial charge in [-0.1, -0.05) is 12.1 Å². The molecule has 0 aliphatic rings. The normalized spacial score (nSPS) is 10.6. The lowest BCUT2D eigenvalue weighted by molar-refractivity contribution is -0.106. The fourth-order valence-electron chi connectivity index (χ4n) is 1.54. The first kappa shape index (κ1) is 12.5. The molecule has 0 fully saturated rings. The molecule has 0 N–H and O–H groups in total. The van der Waals surface area contributed by atoms with E-state index in [9.17, 15) is 0 Å². The Kier molecular flexibility index (Phi) is 4.22. The molecule has 2 aromatic rings.